The number of methoxy groups -OCH3 is 1. The van der Waals surface area contributed by atoms with E-state index in [-0.39, 0.29) is 12.0 Å². The van der Waals surface area contributed by atoms with Gasteiger partial charge in [-0.2, -0.15) is 4.98 Å². The third kappa shape index (κ3) is 2.28. The molecule has 0 aliphatic rings. The molecule has 0 saturated heterocycles. The van der Waals surface area contributed by atoms with Crippen molar-refractivity contribution in [3.8, 4) is 23.0 Å². The van der Waals surface area contributed by atoms with Crippen LogP contribution >= 0.6 is 0 Å². The van der Waals surface area contributed by atoms with E-state index in [1.807, 2.05) is 12.1 Å². The Hall–Kier alpha value is -2.96. The topological polar surface area (TPSA) is 93.5 Å². The van der Waals surface area contributed by atoms with Crippen LogP contribution in [0.4, 0.5) is 11.7 Å². The fraction of sp³-hybridized carbons (Fsp3) is 0.0769. The van der Waals surface area contributed by atoms with E-state index in [0.717, 1.165) is 5.56 Å². The number of oxazole rings is 2. The number of rotatable bonds is 4. The average molecular weight is 273 g/mol. The van der Waals surface area contributed by atoms with Crippen molar-refractivity contribution in [2.45, 2.75) is 0 Å². The number of aromatic nitrogens is 2. The molecule has 0 aliphatic carbocycles. The predicted octanol–water partition coefficient (Wildman–Crippen LogP) is 2.79. The van der Waals surface area contributed by atoms with E-state index in [9.17, 15) is 0 Å². The smallest absolute Gasteiger partial charge is 0.304 e. The van der Waals surface area contributed by atoms with Crippen LogP contribution in [0.25, 0.3) is 11.3 Å². The summed E-state index contributed by atoms with van der Waals surface area (Å²) in [4.78, 5) is 7.72. The molecule has 2 heterocycles. The number of aromatic hydroxyl groups is 1. The molecule has 0 bridgehead atoms. The number of benzene rings is 1. The molecule has 0 amide bonds. The number of hydrogen-bond acceptors (Lipinski definition) is 7. The molecule has 20 heavy (non-hydrogen) atoms. The van der Waals surface area contributed by atoms with E-state index < -0.39 is 0 Å². The lowest BCUT2D eigenvalue weighted by atomic mass is 10.1. The second kappa shape index (κ2) is 4.96. The van der Waals surface area contributed by atoms with Gasteiger partial charge in [-0.05, 0) is 12.1 Å². The van der Waals surface area contributed by atoms with Crippen LogP contribution in [0.2, 0.25) is 0 Å². The second-order valence-corrected chi connectivity index (χ2v) is 3.91. The summed E-state index contributed by atoms with van der Waals surface area (Å²) in [5.41, 5.74) is 1.48. The minimum absolute atomic E-state index is 0.192. The standard InChI is InChI=1S/C13H11N3O4/c1-18-10-4-8(16-13-15-6-12(17)20-13)2-3-9(10)11-5-14-7-19-11/h2-7,17H,1H3,(H,15,16). The van der Waals surface area contributed by atoms with Gasteiger partial charge < -0.3 is 24.0 Å². The van der Waals surface area contributed by atoms with E-state index in [1.165, 1.54) is 12.6 Å². The van der Waals surface area contributed by atoms with Crippen LogP contribution in [-0.2, 0) is 0 Å². The van der Waals surface area contributed by atoms with Crippen LogP contribution < -0.4 is 10.1 Å². The molecule has 0 aliphatic heterocycles. The monoisotopic (exact) mass is 273 g/mol. The number of nitrogens with one attached hydrogen (secondary N) is 1. The van der Waals surface area contributed by atoms with Crippen LogP contribution in [0.1, 0.15) is 0 Å². The zero-order valence-electron chi connectivity index (χ0n) is 10.5. The van der Waals surface area contributed by atoms with Gasteiger partial charge in [-0.15, -0.1) is 0 Å². The molecule has 0 radical (unpaired) electrons. The molecule has 0 saturated carbocycles. The van der Waals surface area contributed by atoms with Gasteiger partial charge in [0.05, 0.1) is 18.9 Å². The summed E-state index contributed by atoms with van der Waals surface area (Å²) in [6, 6.07) is 5.59. The lowest BCUT2D eigenvalue weighted by Crippen LogP contribution is -1.93. The zero-order chi connectivity index (χ0) is 13.9. The van der Waals surface area contributed by atoms with Gasteiger partial charge in [0.1, 0.15) is 11.9 Å². The van der Waals surface area contributed by atoms with E-state index in [4.69, 9.17) is 18.7 Å². The van der Waals surface area contributed by atoms with Crippen LogP contribution in [-0.4, -0.2) is 22.2 Å². The zero-order valence-corrected chi connectivity index (χ0v) is 10.5. The van der Waals surface area contributed by atoms with E-state index in [1.54, 1.807) is 19.4 Å². The average Bonchev–Trinajstić information content (AvgIpc) is 3.10. The highest BCUT2D eigenvalue weighted by molar-refractivity contribution is 5.70. The first kappa shape index (κ1) is 12.1. The maximum absolute atomic E-state index is 9.09. The van der Waals surface area contributed by atoms with Gasteiger partial charge in [0, 0.05) is 11.8 Å². The van der Waals surface area contributed by atoms with Gasteiger partial charge >= 0.3 is 12.0 Å². The van der Waals surface area contributed by atoms with Gasteiger partial charge in [0.25, 0.3) is 0 Å². The molecule has 7 nitrogen and oxygen atoms in total. The molecule has 0 fully saturated rings. The van der Waals surface area contributed by atoms with E-state index in [0.29, 0.717) is 17.2 Å². The number of nitrogens with zero attached hydrogens (tertiary/aromatic N) is 2. The Morgan fingerprint density at radius 2 is 2.20 bits per heavy atom. The molecule has 3 rings (SSSR count). The third-order valence-corrected chi connectivity index (χ3v) is 2.64. The molecule has 1 aromatic carbocycles. The molecule has 7 heteroatoms. The Morgan fingerprint density at radius 3 is 2.85 bits per heavy atom. The number of ether oxygens (including phenoxy) is 1. The highest BCUT2D eigenvalue weighted by Gasteiger charge is 2.11. The van der Waals surface area contributed by atoms with Gasteiger partial charge in [-0.3, -0.25) is 0 Å². The van der Waals surface area contributed by atoms with Crippen molar-refractivity contribution >= 4 is 11.7 Å². The van der Waals surface area contributed by atoms with Crippen LogP contribution in [0, 0.1) is 0 Å². The van der Waals surface area contributed by atoms with Crippen molar-refractivity contribution in [3.63, 3.8) is 0 Å². The lowest BCUT2D eigenvalue weighted by molar-refractivity contribution is 0.339. The molecule has 0 atom stereocenters. The summed E-state index contributed by atoms with van der Waals surface area (Å²) in [5.74, 6) is 0.974. The first-order chi connectivity index (χ1) is 9.76. The molecule has 2 N–H and O–H groups in total. The fourth-order valence-electron chi connectivity index (χ4n) is 1.77. The van der Waals surface area contributed by atoms with E-state index >= 15 is 0 Å². The maximum Gasteiger partial charge on any atom is 0.304 e. The Kier molecular flexibility index (Phi) is 3.00. The van der Waals surface area contributed by atoms with Crippen molar-refractivity contribution in [1.29, 1.82) is 0 Å². The summed E-state index contributed by atoms with van der Waals surface area (Å²) in [5, 5.41) is 12.0. The van der Waals surface area contributed by atoms with Gasteiger partial charge in [0.15, 0.2) is 12.2 Å². The molecule has 0 unspecified atom stereocenters. The van der Waals surface area contributed by atoms with Crippen molar-refractivity contribution in [3.05, 3.63) is 37.0 Å². The second-order valence-electron chi connectivity index (χ2n) is 3.91. The lowest BCUT2D eigenvalue weighted by Gasteiger charge is -2.08. The molecule has 3 aromatic rings. The Labute approximate surface area is 113 Å². The first-order valence-electron chi connectivity index (χ1n) is 5.75. The summed E-state index contributed by atoms with van der Waals surface area (Å²) >= 11 is 0. The van der Waals surface area contributed by atoms with E-state index in [2.05, 4.69) is 15.3 Å². The molecule has 2 aromatic heterocycles. The summed E-state index contributed by atoms with van der Waals surface area (Å²) in [6.07, 6.45) is 4.18. The quantitative estimate of drug-likeness (QED) is 0.754. The van der Waals surface area contributed by atoms with Crippen molar-refractivity contribution in [1.82, 2.24) is 9.97 Å². The predicted molar refractivity (Wildman–Crippen MR) is 69.9 cm³/mol. The van der Waals surface area contributed by atoms with Crippen molar-refractivity contribution < 1.29 is 18.7 Å². The summed E-state index contributed by atoms with van der Waals surface area (Å²) in [7, 11) is 1.57. The number of anilines is 2. The van der Waals surface area contributed by atoms with Crippen molar-refractivity contribution in [2.24, 2.45) is 0 Å². The van der Waals surface area contributed by atoms with Gasteiger partial charge in [-0.25, -0.2) is 4.98 Å². The van der Waals surface area contributed by atoms with Crippen molar-refractivity contribution in [2.75, 3.05) is 12.4 Å². The first-order valence-corrected chi connectivity index (χ1v) is 5.75. The Bertz CT molecular complexity index is 706. The third-order valence-electron chi connectivity index (χ3n) is 2.64. The Balaban J connectivity index is 1.91. The van der Waals surface area contributed by atoms with Crippen LogP contribution in [0.15, 0.2) is 45.8 Å². The highest BCUT2D eigenvalue weighted by Crippen LogP contribution is 2.33. The molecule has 0 spiro atoms. The fourth-order valence-corrected chi connectivity index (χ4v) is 1.77. The normalized spacial score (nSPS) is 10.4. The maximum atomic E-state index is 9.09. The number of hydrogen-bond donors (Lipinski definition) is 2. The largest absolute Gasteiger partial charge is 0.496 e. The van der Waals surface area contributed by atoms with Gasteiger partial charge in [0.2, 0.25) is 0 Å². The molecular formula is C13H11N3O4. The Morgan fingerprint density at radius 1 is 1.30 bits per heavy atom. The summed E-state index contributed by atoms with van der Waals surface area (Å²) in [6.45, 7) is 0. The minimum Gasteiger partial charge on any atom is -0.496 e. The molecule has 102 valence electrons. The SMILES string of the molecule is COc1cc(Nc2ncc(O)o2)ccc1-c1cnco1. The molecular weight excluding hydrogens is 262 g/mol. The van der Waals surface area contributed by atoms with Crippen LogP contribution in [0.3, 0.4) is 0 Å². The van der Waals surface area contributed by atoms with Crippen LogP contribution in [0.5, 0.6) is 11.7 Å². The highest BCUT2D eigenvalue weighted by atomic mass is 16.5. The van der Waals surface area contributed by atoms with Gasteiger partial charge in [-0.1, -0.05) is 0 Å². The minimum atomic E-state index is -0.252. The summed E-state index contributed by atoms with van der Waals surface area (Å²) < 4.78 is 15.5.